The Kier molecular flexibility index (Phi) is 8.76. The number of imidazole rings is 1. The van der Waals surface area contributed by atoms with Gasteiger partial charge in [-0.05, 0) is 46.8 Å². The lowest BCUT2D eigenvalue weighted by Crippen LogP contribution is -2.41. The van der Waals surface area contributed by atoms with Crippen molar-refractivity contribution in [3.05, 3.63) is 42.5 Å². The Bertz CT molecular complexity index is 1390. The first-order valence-corrected chi connectivity index (χ1v) is 14.3. The largest absolute Gasteiger partial charge is 0.462 e. The molecule has 6 atom stereocenters. The number of fused-ring (bicyclic) bond motifs is 1. The molecule has 1 aliphatic rings. The van der Waals surface area contributed by atoms with E-state index in [9.17, 15) is 14.5 Å². The highest BCUT2D eigenvalue weighted by molar-refractivity contribution is 7.52. The van der Waals surface area contributed by atoms with Crippen LogP contribution in [0.15, 0.2) is 36.7 Å². The quantitative estimate of drug-likeness (QED) is 0.225. The molecule has 3 N–H and O–H groups in total. The van der Waals surface area contributed by atoms with Crippen molar-refractivity contribution in [3.63, 3.8) is 0 Å². The highest BCUT2D eigenvalue weighted by Crippen LogP contribution is 2.48. The van der Waals surface area contributed by atoms with E-state index in [1.54, 1.807) is 58.2 Å². The number of aromatic nitrogens is 4. The molecule has 1 aliphatic heterocycles. The Morgan fingerprint density at radius 1 is 1.27 bits per heavy atom. The SMILES string of the molecule is CNc1nc(C)nc2c1ncn2[C@@H]1O[C@H](COP(=O)(N[C@@H](C)C(=O)OC(C)C)Oc2ccccc2)[C@@H](O)[C@@]1(C)F. The van der Waals surface area contributed by atoms with Crippen LogP contribution in [0.2, 0.25) is 0 Å². The summed E-state index contributed by atoms with van der Waals surface area (Å²) in [5.41, 5.74) is -1.61. The molecule has 0 saturated carbocycles. The fraction of sp³-hybridized carbons (Fsp3) is 0.520. The van der Waals surface area contributed by atoms with Gasteiger partial charge in [0.1, 0.15) is 29.8 Å². The Morgan fingerprint density at radius 2 is 1.98 bits per heavy atom. The van der Waals surface area contributed by atoms with Gasteiger partial charge in [0.05, 0.1) is 19.0 Å². The van der Waals surface area contributed by atoms with Crippen molar-refractivity contribution in [2.75, 3.05) is 19.0 Å². The second-order valence-electron chi connectivity index (χ2n) is 9.85. The predicted octanol–water partition coefficient (Wildman–Crippen LogP) is 3.30. The number of para-hydroxylation sites is 1. The lowest BCUT2D eigenvalue weighted by Gasteiger charge is -2.25. The number of aryl methyl sites for hydroxylation is 1. The zero-order chi connectivity index (χ0) is 29.2. The van der Waals surface area contributed by atoms with Gasteiger partial charge in [-0.2, -0.15) is 5.09 Å². The molecule has 0 bridgehead atoms. The number of benzene rings is 1. The van der Waals surface area contributed by atoms with Crippen molar-refractivity contribution in [1.82, 2.24) is 24.6 Å². The zero-order valence-corrected chi connectivity index (χ0v) is 24.0. The lowest BCUT2D eigenvalue weighted by molar-refractivity contribution is -0.149. The normalized spacial score (nSPS) is 25.1. The van der Waals surface area contributed by atoms with Crippen LogP contribution in [0.4, 0.5) is 10.2 Å². The molecule has 0 aliphatic carbocycles. The summed E-state index contributed by atoms with van der Waals surface area (Å²) >= 11 is 0. The van der Waals surface area contributed by atoms with Crippen LogP contribution in [0.3, 0.4) is 0 Å². The molecule has 13 nitrogen and oxygen atoms in total. The number of aliphatic hydroxyl groups is 1. The van der Waals surface area contributed by atoms with Gasteiger partial charge in [-0.3, -0.25) is 13.9 Å². The number of ether oxygens (including phenoxy) is 2. The number of halogens is 1. The minimum atomic E-state index is -4.26. The molecule has 40 heavy (non-hydrogen) atoms. The highest BCUT2D eigenvalue weighted by atomic mass is 31.2. The standard InChI is InChI=1S/C25H34FN6O7P/c1-14(2)37-23(34)15(3)31-40(35,39-17-10-8-7-9-11-17)36-12-18-20(33)25(5,26)24(38-18)32-13-28-19-21(27-6)29-16(4)30-22(19)32/h7-11,13-15,18,20,24,33H,12H2,1-6H3,(H,31,35)(H,27,29,30)/t15-,18+,20+,24+,25+,40?/m0/s1. The zero-order valence-electron chi connectivity index (χ0n) is 23.1. The van der Waals surface area contributed by atoms with Gasteiger partial charge in [0.2, 0.25) is 0 Å². The van der Waals surface area contributed by atoms with Crippen molar-refractivity contribution in [3.8, 4) is 5.75 Å². The first-order valence-electron chi connectivity index (χ1n) is 12.7. The monoisotopic (exact) mass is 580 g/mol. The average Bonchev–Trinajstić information content (AvgIpc) is 3.40. The molecule has 4 rings (SSSR count). The van der Waals surface area contributed by atoms with Gasteiger partial charge < -0.3 is 24.4 Å². The first-order chi connectivity index (χ1) is 18.8. The maximum absolute atomic E-state index is 16.0. The molecule has 1 unspecified atom stereocenters. The van der Waals surface area contributed by atoms with E-state index in [0.29, 0.717) is 22.8 Å². The maximum Gasteiger partial charge on any atom is 0.459 e. The van der Waals surface area contributed by atoms with Crippen LogP contribution < -0.4 is 14.9 Å². The van der Waals surface area contributed by atoms with Crippen molar-refractivity contribution in [2.24, 2.45) is 0 Å². The summed E-state index contributed by atoms with van der Waals surface area (Å²) in [6.45, 7) is 7.13. The summed E-state index contributed by atoms with van der Waals surface area (Å²) in [4.78, 5) is 25.3. The third-order valence-electron chi connectivity index (χ3n) is 6.17. The van der Waals surface area contributed by atoms with Gasteiger partial charge in [0.15, 0.2) is 28.9 Å². The van der Waals surface area contributed by atoms with E-state index in [1.807, 2.05) is 0 Å². The molecule has 0 radical (unpaired) electrons. The second-order valence-corrected chi connectivity index (χ2v) is 11.5. The Balaban J connectivity index is 1.56. The maximum atomic E-state index is 16.0. The predicted molar refractivity (Wildman–Crippen MR) is 143 cm³/mol. The van der Waals surface area contributed by atoms with E-state index in [4.69, 9.17) is 18.5 Å². The molecule has 0 spiro atoms. The van der Waals surface area contributed by atoms with Gasteiger partial charge in [-0.1, -0.05) is 18.2 Å². The molecule has 0 amide bonds. The van der Waals surface area contributed by atoms with E-state index in [0.717, 1.165) is 0 Å². The van der Waals surface area contributed by atoms with E-state index in [1.165, 1.54) is 24.7 Å². The molecule has 1 aromatic carbocycles. The lowest BCUT2D eigenvalue weighted by atomic mass is 9.98. The highest BCUT2D eigenvalue weighted by Gasteiger charge is 2.56. The number of nitrogens with zero attached hydrogens (tertiary/aromatic N) is 4. The number of hydrogen-bond acceptors (Lipinski definition) is 11. The van der Waals surface area contributed by atoms with Crippen LogP contribution in [-0.4, -0.2) is 74.3 Å². The number of anilines is 1. The number of esters is 1. The molecule has 15 heteroatoms. The smallest absolute Gasteiger partial charge is 0.459 e. The summed E-state index contributed by atoms with van der Waals surface area (Å²) in [5, 5.41) is 16.4. The van der Waals surface area contributed by atoms with Gasteiger partial charge >= 0.3 is 13.7 Å². The molecule has 1 fully saturated rings. The number of alkyl halides is 1. The molecule has 2 aromatic heterocycles. The molecular formula is C25H34FN6O7P. The summed E-state index contributed by atoms with van der Waals surface area (Å²) in [6, 6.07) is 7.10. The first kappa shape index (κ1) is 29.8. The number of carbonyl (C=O) groups excluding carboxylic acids is 1. The average molecular weight is 581 g/mol. The van der Waals surface area contributed by atoms with Crippen LogP contribution in [0.1, 0.15) is 39.7 Å². The van der Waals surface area contributed by atoms with Crippen molar-refractivity contribution < 1.29 is 37.4 Å². The summed E-state index contributed by atoms with van der Waals surface area (Å²) in [5.74, 6) is 0.404. The molecule has 218 valence electrons. The van der Waals surface area contributed by atoms with Crippen LogP contribution in [0.25, 0.3) is 11.2 Å². The van der Waals surface area contributed by atoms with E-state index in [2.05, 4.69) is 25.4 Å². The van der Waals surface area contributed by atoms with Crippen molar-refractivity contribution in [1.29, 1.82) is 0 Å². The second kappa shape index (κ2) is 11.8. The Hall–Kier alpha value is -3.16. The van der Waals surface area contributed by atoms with Gasteiger partial charge in [-0.15, -0.1) is 0 Å². The Labute approximate surface area is 231 Å². The molecule has 1 saturated heterocycles. The fourth-order valence-electron chi connectivity index (χ4n) is 4.23. The van der Waals surface area contributed by atoms with E-state index < -0.39 is 56.6 Å². The number of hydrogen-bond donors (Lipinski definition) is 3. The summed E-state index contributed by atoms with van der Waals surface area (Å²) < 4.78 is 53.4. The molecule has 3 heterocycles. The third kappa shape index (κ3) is 6.26. The number of rotatable bonds is 11. The number of nitrogens with one attached hydrogen (secondary N) is 2. The molecule has 3 aromatic rings. The van der Waals surface area contributed by atoms with E-state index >= 15 is 4.39 Å². The van der Waals surface area contributed by atoms with Crippen LogP contribution in [0, 0.1) is 6.92 Å². The van der Waals surface area contributed by atoms with Crippen molar-refractivity contribution in [2.45, 2.75) is 70.9 Å². The summed E-state index contributed by atoms with van der Waals surface area (Å²) in [7, 11) is -2.59. The molecular weight excluding hydrogens is 546 g/mol. The topological polar surface area (TPSA) is 159 Å². The minimum absolute atomic E-state index is 0.198. The minimum Gasteiger partial charge on any atom is -0.462 e. The van der Waals surface area contributed by atoms with E-state index in [-0.39, 0.29) is 5.75 Å². The number of carbonyl (C=O) groups is 1. The summed E-state index contributed by atoms with van der Waals surface area (Å²) in [6.07, 6.45) is -3.34. The van der Waals surface area contributed by atoms with Gasteiger partial charge in [-0.25, -0.2) is 23.9 Å². The van der Waals surface area contributed by atoms with Gasteiger partial charge in [0.25, 0.3) is 0 Å². The fourth-order valence-corrected chi connectivity index (χ4v) is 5.73. The Morgan fingerprint density at radius 3 is 2.62 bits per heavy atom. The van der Waals surface area contributed by atoms with Crippen LogP contribution >= 0.6 is 7.75 Å². The van der Waals surface area contributed by atoms with Crippen molar-refractivity contribution >= 4 is 30.7 Å². The van der Waals surface area contributed by atoms with Crippen LogP contribution in [-0.2, 0) is 23.4 Å². The third-order valence-corrected chi connectivity index (χ3v) is 7.82. The van der Waals surface area contributed by atoms with Crippen LogP contribution in [0.5, 0.6) is 5.75 Å². The number of aliphatic hydroxyl groups excluding tert-OH is 1. The van der Waals surface area contributed by atoms with Gasteiger partial charge in [0, 0.05) is 7.05 Å².